The second-order valence-corrected chi connectivity index (χ2v) is 17.0. The summed E-state index contributed by atoms with van der Waals surface area (Å²) in [5.41, 5.74) is 16.2. The van der Waals surface area contributed by atoms with Crippen molar-refractivity contribution in [3.63, 3.8) is 0 Å². The average Bonchev–Trinajstić information content (AvgIpc) is 3.95. The van der Waals surface area contributed by atoms with Crippen molar-refractivity contribution in [3.8, 4) is 0 Å². The van der Waals surface area contributed by atoms with E-state index >= 15 is 0 Å². The number of hydrogen-bond acceptors (Lipinski definition) is 16. The topological polar surface area (TPSA) is 130 Å². The Kier molecular flexibility index (Phi) is 11.4. The van der Waals surface area contributed by atoms with Crippen molar-refractivity contribution in [2.24, 2.45) is 10.2 Å². The van der Waals surface area contributed by atoms with Gasteiger partial charge < -0.3 is 19.3 Å². The first-order valence-corrected chi connectivity index (χ1v) is 19.8. The van der Waals surface area contributed by atoms with Crippen molar-refractivity contribution >= 4 is 34.3 Å². The lowest BCUT2D eigenvalue weighted by atomic mass is 9.93. The molecule has 0 spiro atoms. The molecule has 8 rings (SSSR count). The molecule has 4 atom stereocenters. The van der Waals surface area contributed by atoms with Crippen LogP contribution in [0.1, 0.15) is 103 Å². The van der Waals surface area contributed by atoms with Gasteiger partial charge in [0.2, 0.25) is 0 Å². The molecule has 6 aliphatic rings. The highest BCUT2D eigenvalue weighted by atomic mass is 32.1. The first-order valence-electron chi connectivity index (χ1n) is 18.1. The van der Waals surface area contributed by atoms with Gasteiger partial charge >= 0.3 is 0 Å². The summed E-state index contributed by atoms with van der Waals surface area (Å²) in [6.45, 7) is 24.5. The standard InChI is InChI=1S/2C17H24N6OS.C2H6/c2*1-11-9-24-13(16-18-14(10-25-16)17(2,3)4)8-22(11)12-5-6-15-19-20-21-23(15)7-12;1-2/h2*5-7,10-11,13,20-21H,8-9H2,1-4H3;1-2H3/t11-,13+;11-,13-;/m10./s1. The molecule has 0 saturated carbocycles. The number of hydrazine groups is 4. The van der Waals surface area contributed by atoms with Gasteiger partial charge in [-0.25, -0.2) is 31.1 Å². The molecule has 8 heterocycles. The van der Waals surface area contributed by atoms with Gasteiger partial charge in [0.25, 0.3) is 0 Å². The number of thiazole rings is 2. The summed E-state index contributed by atoms with van der Waals surface area (Å²) in [4.78, 5) is 14.4. The predicted molar refractivity (Wildman–Crippen MR) is 208 cm³/mol. The van der Waals surface area contributed by atoms with E-state index in [1.807, 2.05) is 36.0 Å². The number of ether oxygens (including phenoxy) is 2. The highest BCUT2D eigenvalue weighted by molar-refractivity contribution is 7.10. The van der Waals surface area contributed by atoms with E-state index in [9.17, 15) is 0 Å². The summed E-state index contributed by atoms with van der Waals surface area (Å²) in [6.07, 6.45) is 12.3. The quantitative estimate of drug-likeness (QED) is 0.314. The van der Waals surface area contributed by atoms with Gasteiger partial charge in [0.15, 0.2) is 11.7 Å². The van der Waals surface area contributed by atoms with Crippen LogP contribution >= 0.6 is 22.7 Å². The van der Waals surface area contributed by atoms with Crippen LogP contribution in [0.3, 0.4) is 0 Å². The van der Waals surface area contributed by atoms with E-state index in [0.29, 0.717) is 25.3 Å². The Morgan fingerprint density at radius 2 is 1.06 bits per heavy atom. The van der Waals surface area contributed by atoms with Gasteiger partial charge in [-0.15, -0.1) is 43.9 Å². The van der Waals surface area contributed by atoms with Gasteiger partial charge in [-0.1, -0.05) is 55.4 Å². The molecule has 0 aromatic carbocycles. The molecule has 6 aliphatic heterocycles. The average molecular weight is 751 g/mol. The molecule has 282 valence electrons. The lowest BCUT2D eigenvalue weighted by Crippen LogP contribution is -2.46. The zero-order valence-electron chi connectivity index (χ0n) is 32.0. The fourth-order valence-electron chi connectivity index (χ4n) is 6.03. The largest absolute Gasteiger partial charge is 0.367 e. The maximum atomic E-state index is 6.10. The first kappa shape index (κ1) is 37.9. The van der Waals surface area contributed by atoms with Crippen LogP contribution in [0, 0.1) is 0 Å². The monoisotopic (exact) mass is 750 g/mol. The fourth-order valence-corrected chi connectivity index (χ4v) is 8.20. The van der Waals surface area contributed by atoms with Crippen molar-refractivity contribution < 1.29 is 9.47 Å². The highest BCUT2D eigenvalue weighted by Gasteiger charge is 2.34. The SMILES string of the molecule is CC.C[C@@H]1CO[C@H](c2nc(C(C)(C)C)cs2)CN1C1=CN2NNN=C2C=C1.C[C@H]1CO[C@H](c2nc(C(C)(C)C)cs2)CN1C1=CN2NNN=C2C=C1. The minimum atomic E-state index is 0.00586. The zero-order valence-corrected chi connectivity index (χ0v) is 33.6. The van der Waals surface area contributed by atoms with Crippen LogP contribution in [0.2, 0.25) is 0 Å². The molecule has 2 saturated heterocycles. The van der Waals surface area contributed by atoms with Crippen LogP contribution in [0.25, 0.3) is 0 Å². The van der Waals surface area contributed by atoms with E-state index in [1.54, 1.807) is 22.7 Å². The second-order valence-electron chi connectivity index (χ2n) is 15.2. The summed E-state index contributed by atoms with van der Waals surface area (Å²) in [6, 6.07) is 0.617. The molecule has 16 heteroatoms. The number of fused-ring (bicyclic) bond motifs is 2. The third-order valence-corrected chi connectivity index (χ3v) is 11.0. The van der Waals surface area contributed by atoms with E-state index in [4.69, 9.17) is 19.4 Å². The van der Waals surface area contributed by atoms with Crippen LogP contribution in [0.4, 0.5) is 0 Å². The van der Waals surface area contributed by atoms with Crippen LogP contribution < -0.4 is 22.1 Å². The molecule has 52 heavy (non-hydrogen) atoms. The highest BCUT2D eigenvalue weighted by Crippen LogP contribution is 2.35. The zero-order chi connectivity index (χ0) is 37.2. The van der Waals surface area contributed by atoms with Crippen molar-refractivity contribution in [1.29, 1.82) is 0 Å². The number of hydrazone groups is 2. The summed E-state index contributed by atoms with van der Waals surface area (Å²) in [7, 11) is 0. The van der Waals surface area contributed by atoms with E-state index < -0.39 is 0 Å². The molecule has 4 N–H and O–H groups in total. The Hall–Kier alpha value is -3.80. The first-order chi connectivity index (χ1) is 24.8. The third-order valence-electron chi connectivity index (χ3n) is 9.17. The second kappa shape index (κ2) is 15.7. The normalized spacial score (nSPS) is 25.3. The Morgan fingerprint density at radius 1 is 0.654 bits per heavy atom. The Bertz CT molecular complexity index is 1620. The summed E-state index contributed by atoms with van der Waals surface area (Å²) in [5.74, 6) is 1.71. The number of hydrogen-bond donors (Lipinski definition) is 4. The maximum absolute atomic E-state index is 6.10. The van der Waals surface area contributed by atoms with E-state index in [-0.39, 0.29) is 23.0 Å². The third kappa shape index (κ3) is 8.37. The van der Waals surface area contributed by atoms with Gasteiger partial charge in [0.05, 0.1) is 49.1 Å². The molecule has 0 radical (unpaired) electrons. The van der Waals surface area contributed by atoms with Gasteiger partial charge in [-0.3, -0.25) is 0 Å². The van der Waals surface area contributed by atoms with Crippen LogP contribution in [0.15, 0.2) is 69.1 Å². The summed E-state index contributed by atoms with van der Waals surface area (Å²) < 4.78 is 12.2. The minimum Gasteiger partial charge on any atom is -0.367 e. The number of allylic oxidation sites excluding steroid dienone is 2. The predicted octanol–water partition coefficient (Wildman–Crippen LogP) is 5.53. The molecule has 0 amide bonds. The smallest absolute Gasteiger partial charge is 0.170 e. The van der Waals surface area contributed by atoms with Gasteiger partial charge in [0, 0.05) is 46.1 Å². The van der Waals surface area contributed by atoms with Crippen LogP contribution in [-0.2, 0) is 20.3 Å². The Labute approximate surface area is 315 Å². The molecule has 2 fully saturated rings. The van der Waals surface area contributed by atoms with Crippen molar-refractivity contribution in [1.82, 2.24) is 51.9 Å². The fraction of sp³-hybridized carbons (Fsp3) is 0.556. The van der Waals surface area contributed by atoms with Crippen molar-refractivity contribution in [2.45, 2.75) is 104 Å². The van der Waals surface area contributed by atoms with Crippen LogP contribution in [-0.4, -0.2) is 79.8 Å². The number of amidine groups is 2. The van der Waals surface area contributed by atoms with E-state index in [2.05, 4.69) is 133 Å². The lowest BCUT2D eigenvalue weighted by Gasteiger charge is -2.40. The molecular weight excluding hydrogens is 697 g/mol. The molecule has 14 nitrogen and oxygen atoms in total. The minimum absolute atomic E-state index is 0.00586. The molecular formula is C36H54N12O2S2. The number of aromatic nitrogens is 2. The van der Waals surface area contributed by atoms with Gasteiger partial charge in [-0.2, -0.15) is 0 Å². The van der Waals surface area contributed by atoms with E-state index in [1.165, 1.54) is 0 Å². The maximum Gasteiger partial charge on any atom is 0.170 e. The molecule has 0 aliphatic carbocycles. The molecule has 0 unspecified atom stereocenters. The number of nitrogens with one attached hydrogen (secondary N) is 4. The van der Waals surface area contributed by atoms with Crippen molar-refractivity contribution in [3.05, 3.63) is 80.3 Å². The molecule has 2 aromatic heterocycles. The number of rotatable bonds is 4. The van der Waals surface area contributed by atoms with Gasteiger partial charge in [-0.05, 0) is 38.2 Å². The van der Waals surface area contributed by atoms with Crippen molar-refractivity contribution in [2.75, 3.05) is 26.3 Å². The lowest BCUT2D eigenvalue weighted by molar-refractivity contribution is -0.0460. The van der Waals surface area contributed by atoms with Crippen LogP contribution in [0.5, 0.6) is 0 Å². The Balaban J connectivity index is 0.000000171. The summed E-state index contributed by atoms with van der Waals surface area (Å²) >= 11 is 3.39. The Morgan fingerprint density at radius 3 is 1.42 bits per heavy atom. The number of morpholine rings is 2. The van der Waals surface area contributed by atoms with Gasteiger partial charge in [0.1, 0.15) is 22.2 Å². The molecule has 2 aromatic rings. The number of nitrogens with zero attached hydrogens (tertiary/aromatic N) is 8. The molecule has 0 bridgehead atoms. The summed E-state index contributed by atoms with van der Waals surface area (Å²) in [5, 5.41) is 18.5. The van der Waals surface area contributed by atoms with E-state index in [0.717, 1.165) is 57.6 Å².